The molecule has 21 heavy (non-hydrogen) atoms. The number of thiazole rings is 1. The maximum absolute atomic E-state index is 12.2. The molecule has 0 bridgehead atoms. The summed E-state index contributed by atoms with van der Waals surface area (Å²) in [7, 11) is 1.63. The van der Waals surface area contributed by atoms with Gasteiger partial charge in [0.15, 0.2) is 5.13 Å². The highest BCUT2D eigenvalue weighted by Crippen LogP contribution is 2.21. The SMILES string of the molecule is CCCc1cnc(NC(=O)N2CCC[C@@H](C(=O)NC)C2)s1. The van der Waals surface area contributed by atoms with Crippen molar-refractivity contribution >= 4 is 28.4 Å². The van der Waals surface area contributed by atoms with Crippen LogP contribution in [0, 0.1) is 5.92 Å². The Kier molecular flexibility index (Phi) is 5.55. The molecule has 0 aliphatic carbocycles. The van der Waals surface area contributed by atoms with Crippen LogP contribution in [0.25, 0.3) is 0 Å². The lowest BCUT2D eigenvalue weighted by Crippen LogP contribution is -2.46. The number of piperidine rings is 1. The van der Waals surface area contributed by atoms with Gasteiger partial charge in [-0.1, -0.05) is 13.3 Å². The van der Waals surface area contributed by atoms with Crippen molar-refractivity contribution in [2.45, 2.75) is 32.6 Å². The highest BCUT2D eigenvalue weighted by atomic mass is 32.1. The van der Waals surface area contributed by atoms with Gasteiger partial charge in [0, 0.05) is 31.2 Å². The first kappa shape index (κ1) is 15.8. The Morgan fingerprint density at radius 1 is 1.52 bits per heavy atom. The van der Waals surface area contributed by atoms with Crippen LogP contribution in [0.3, 0.4) is 0 Å². The molecule has 3 amide bonds. The number of nitrogens with one attached hydrogen (secondary N) is 2. The standard InChI is InChI=1S/C14H22N4O2S/c1-3-5-11-8-16-13(21-11)17-14(20)18-7-4-6-10(9-18)12(19)15-2/h8,10H,3-7,9H2,1-2H3,(H,15,19)(H,16,17,20)/t10-/m1/s1. The van der Waals surface area contributed by atoms with Gasteiger partial charge in [0.2, 0.25) is 5.91 Å². The number of carbonyl (C=O) groups excluding carboxylic acids is 2. The van der Waals surface area contributed by atoms with Gasteiger partial charge in [-0.3, -0.25) is 10.1 Å². The Morgan fingerprint density at radius 3 is 3.05 bits per heavy atom. The zero-order chi connectivity index (χ0) is 15.2. The molecule has 1 saturated heterocycles. The van der Waals surface area contributed by atoms with Gasteiger partial charge in [-0.05, 0) is 19.3 Å². The maximum Gasteiger partial charge on any atom is 0.323 e. The number of hydrogen-bond acceptors (Lipinski definition) is 4. The average Bonchev–Trinajstić information content (AvgIpc) is 2.94. The maximum atomic E-state index is 12.2. The van der Waals surface area contributed by atoms with Gasteiger partial charge < -0.3 is 10.2 Å². The van der Waals surface area contributed by atoms with E-state index < -0.39 is 0 Å². The van der Waals surface area contributed by atoms with Crippen LogP contribution in [-0.4, -0.2) is 42.0 Å². The molecule has 1 aliphatic rings. The van der Waals surface area contributed by atoms with E-state index in [1.54, 1.807) is 11.9 Å². The molecule has 116 valence electrons. The van der Waals surface area contributed by atoms with Crippen LogP contribution in [0.4, 0.5) is 9.93 Å². The highest BCUT2D eigenvalue weighted by molar-refractivity contribution is 7.15. The number of nitrogens with zero attached hydrogens (tertiary/aromatic N) is 2. The summed E-state index contributed by atoms with van der Waals surface area (Å²) in [6, 6.07) is -0.166. The summed E-state index contributed by atoms with van der Waals surface area (Å²) in [4.78, 5) is 31.0. The molecule has 6 nitrogen and oxygen atoms in total. The van der Waals surface area contributed by atoms with Gasteiger partial charge in [0.25, 0.3) is 0 Å². The molecule has 1 atom stereocenters. The lowest BCUT2D eigenvalue weighted by atomic mass is 9.97. The van der Waals surface area contributed by atoms with E-state index in [9.17, 15) is 9.59 Å². The van der Waals surface area contributed by atoms with Gasteiger partial charge in [0.1, 0.15) is 0 Å². The summed E-state index contributed by atoms with van der Waals surface area (Å²) in [5.74, 6) is -0.103. The number of aryl methyl sites for hydroxylation is 1. The Bertz CT molecular complexity index is 503. The molecule has 1 fully saturated rings. The van der Waals surface area contributed by atoms with E-state index in [0.717, 1.165) is 25.7 Å². The number of amides is 3. The summed E-state index contributed by atoms with van der Waals surface area (Å²) in [6.45, 7) is 3.27. The highest BCUT2D eigenvalue weighted by Gasteiger charge is 2.28. The second kappa shape index (κ2) is 7.40. The number of urea groups is 1. The number of rotatable bonds is 4. The molecule has 0 aromatic carbocycles. The molecule has 0 saturated carbocycles. The normalized spacial score (nSPS) is 18.4. The Hall–Kier alpha value is -1.63. The second-order valence-electron chi connectivity index (χ2n) is 5.21. The fourth-order valence-electron chi connectivity index (χ4n) is 2.48. The molecule has 7 heteroatoms. The van der Waals surface area contributed by atoms with Crippen molar-refractivity contribution in [3.63, 3.8) is 0 Å². The molecule has 2 rings (SSSR count). The molecule has 0 spiro atoms. The quantitative estimate of drug-likeness (QED) is 0.894. The summed E-state index contributed by atoms with van der Waals surface area (Å²) in [5.41, 5.74) is 0. The van der Waals surface area contributed by atoms with E-state index in [0.29, 0.717) is 18.2 Å². The summed E-state index contributed by atoms with van der Waals surface area (Å²) < 4.78 is 0. The predicted molar refractivity (Wildman–Crippen MR) is 83.5 cm³/mol. The Balaban J connectivity index is 1.91. The Morgan fingerprint density at radius 2 is 2.33 bits per heavy atom. The molecule has 2 N–H and O–H groups in total. The summed E-state index contributed by atoms with van der Waals surface area (Å²) in [5, 5.41) is 6.11. The molecule has 1 aromatic heterocycles. The minimum absolute atomic E-state index is 0.00646. The molecular weight excluding hydrogens is 288 g/mol. The van der Waals surface area contributed by atoms with Crippen LogP contribution in [0.15, 0.2) is 6.20 Å². The van der Waals surface area contributed by atoms with Gasteiger partial charge in [-0.15, -0.1) is 11.3 Å². The molecule has 1 aliphatic heterocycles. The van der Waals surface area contributed by atoms with E-state index in [1.165, 1.54) is 16.2 Å². The van der Waals surface area contributed by atoms with Crippen LogP contribution in [0.5, 0.6) is 0 Å². The number of hydrogen-bond donors (Lipinski definition) is 2. The van der Waals surface area contributed by atoms with Gasteiger partial charge >= 0.3 is 6.03 Å². The predicted octanol–water partition coefficient (Wildman–Crippen LogP) is 2.09. The van der Waals surface area contributed by atoms with Crippen molar-refractivity contribution in [3.8, 4) is 0 Å². The van der Waals surface area contributed by atoms with Gasteiger partial charge in [-0.2, -0.15) is 0 Å². The first-order valence-corrected chi connectivity index (χ1v) is 8.18. The third-order valence-corrected chi connectivity index (χ3v) is 4.56. The molecule has 1 aromatic rings. The summed E-state index contributed by atoms with van der Waals surface area (Å²) in [6.07, 6.45) is 5.55. The minimum Gasteiger partial charge on any atom is -0.359 e. The molecule has 0 radical (unpaired) electrons. The van der Waals surface area contributed by atoms with Crippen LogP contribution in [-0.2, 0) is 11.2 Å². The van der Waals surface area contributed by atoms with Gasteiger partial charge in [-0.25, -0.2) is 9.78 Å². The number of anilines is 1. The van der Waals surface area contributed by atoms with Crippen LogP contribution >= 0.6 is 11.3 Å². The lowest BCUT2D eigenvalue weighted by molar-refractivity contribution is -0.125. The van der Waals surface area contributed by atoms with Gasteiger partial charge in [0.05, 0.1) is 5.92 Å². The van der Waals surface area contributed by atoms with Crippen molar-refractivity contribution in [1.29, 1.82) is 0 Å². The van der Waals surface area contributed by atoms with Crippen molar-refractivity contribution in [1.82, 2.24) is 15.2 Å². The number of aromatic nitrogens is 1. The third kappa shape index (κ3) is 4.17. The van der Waals surface area contributed by atoms with Crippen molar-refractivity contribution < 1.29 is 9.59 Å². The van der Waals surface area contributed by atoms with Crippen molar-refractivity contribution in [2.24, 2.45) is 5.92 Å². The Labute approximate surface area is 128 Å². The average molecular weight is 310 g/mol. The fraction of sp³-hybridized carbons (Fsp3) is 0.643. The first-order valence-electron chi connectivity index (χ1n) is 7.36. The molecular formula is C14H22N4O2S. The van der Waals surface area contributed by atoms with E-state index in [2.05, 4.69) is 22.5 Å². The second-order valence-corrected chi connectivity index (χ2v) is 6.33. The van der Waals surface area contributed by atoms with Crippen molar-refractivity contribution in [3.05, 3.63) is 11.1 Å². The van der Waals surface area contributed by atoms with E-state index >= 15 is 0 Å². The largest absolute Gasteiger partial charge is 0.359 e. The topological polar surface area (TPSA) is 74.3 Å². The smallest absolute Gasteiger partial charge is 0.323 e. The zero-order valence-electron chi connectivity index (χ0n) is 12.5. The number of likely N-dealkylation sites (tertiary alicyclic amines) is 1. The lowest BCUT2D eigenvalue weighted by Gasteiger charge is -2.31. The fourth-order valence-corrected chi connectivity index (χ4v) is 3.38. The molecule has 0 unspecified atom stereocenters. The summed E-state index contributed by atoms with van der Waals surface area (Å²) >= 11 is 1.51. The monoisotopic (exact) mass is 310 g/mol. The molecule has 2 heterocycles. The minimum atomic E-state index is -0.166. The van der Waals surface area contributed by atoms with E-state index in [4.69, 9.17) is 0 Å². The zero-order valence-corrected chi connectivity index (χ0v) is 13.3. The van der Waals surface area contributed by atoms with Crippen LogP contribution in [0.2, 0.25) is 0 Å². The van der Waals surface area contributed by atoms with Crippen molar-refractivity contribution in [2.75, 3.05) is 25.5 Å². The van der Waals surface area contributed by atoms with E-state index in [-0.39, 0.29) is 17.9 Å². The van der Waals surface area contributed by atoms with Crippen LogP contribution < -0.4 is 10.6 Å². The number of carbonyl (C=O) groups is 2. The first-order chi connectivity index (χ1) is 10.1. The third-order valence-electron chi connectivity index (χ3n) is 3.59. The van der Waals surface area contributed by atoms with Crippen LogP contribution in [0.1, 0.15) is 31.1 Å². The van der Waals surface area contributed by atoms with E-state index in [1.807, 2.05) is 6.20 Å².